The van der Waals surface area contributed by atoms with Crippen molar-refractivity contribution in [2.75, 3.05) is 16.0 Å². The SMILES string of the molecule is Cc1ccccc1NC(=O)Nc1ccc(NC(=O)C[C@@H](CC(C)C)C(=O)NC(C)CC(=O)O)cc1. The Morgan fingerprint density at radius 3 is 2.00 bits per heavy atom. The van der Waals surface area contributed by atoms with Crippen LogP contribution in [0.5, 0.6) is 0 Å². The molecule has 35 heavy (non-hydrogen) atoms. The van der Waals surface area contributed by atoms with Crippen LogP contribution in [0.3, 0.4) is 0 Å². The van der Waals surface area contributed by atoms with Gasteiger partial charge in [0.15, 0.2) is 0 Å². The van der Waals surface area contributed by atoms with E-state index in [4.69, 9.17) is 5.11 Å². The fraction of sp³-hybridized carbons (Fsp3) is 0.385. The van der Waals surface area contributed by atoms with Crippen LogP contribution in [-0.2, 0) is 14.4 Å². The van der Waals surface area contributed by atoms with Crippen LogP contribution in [-0.4, -0.2) is 35.0 Å². The van der Waals surface area contributed by atoms with E-state index in [1.165, 1.54) is 0 Å². The first-order chi connectivity index (χ1) is 16.5. The van der Waals surface area contributed by atoms with Gasteiger partial charge < -0.3 is 26.4 Å². The normalized spacial score (nSPS) is 12.4. The molecule has 0 bridgehead atoms. The van der Waals surface area contributed by atoms with Crippen LogP contribution < -0.4 is 21.3 Å². The van der Waals surface area contributed by atoms with Gasteiger partial charge in [0.1, 0.15) is 0 Å². The van der Waals surface area contributed by atoms with Crippen LogP contribution >= 0.6 is 0 Å². The van der Waals surface area contributed by atoms with Gasteiger partial charge in [0.2, 0.25) is 11.8 Å². The highest BCUT2D eigenvalue weighted by molar-refractivity contribution is 6.00. The second kappa shape index (κ2) is 13.1. The van der Waals surface area contributed by atoms with E-state index in [0.29, 0.717) is 23.5 Å². The summed E-state index contributed by atoms with van der Waals surface area (Å²) >= 11 is 0. The highest BCUT2D eigenvalue weighted by Gasteiger charge is 2.24. The smallest absolute Gasteiger partial charge is 0.323 e. The number of hydrogen-bond donors (Lipinski definition) is 5. The number of rotatable bonds is 11. The number of aryl methyl sites for hydroxylation is 1. The van der Waals surface area contributed by atoms with Crippen molar-refractivity contribution in [2.24, 2.45) is 11.8 Å². The summed E-state index contributed by atoms with van der Waals surface area (Å²) in [5.41, 5.74) is 2.74. The number of benzene rings is 2. The third-order valence-electron chi connectivity index (χ3n) is 5.25. The van der Waals surface area contributed by atoms with Crippen LogP contribution in [0, 0.1) is 18.8 Å². The van der Waals surface area contributed by atoms with E-state index in [1.807, 2.05) is 45.0 Å². The fourth-order valence-corrected chi connectivity index (χ4v) is 3.60. The lowest BCUT2D eigenvalue weighted by Crippen LogP contribution is -2.40. The molecular formula is C26H34N4O5. The number of carbonyl (C=O) groups is 4. The lowest BCUT2D eigenvalue weighted by molar-refractivity contribution is -0.138. The number of amides is 4. The molecule has 0 fully saturated rings. The average molecular weight is 483 g/mol. The van der Waals surface area contributed by atoms with Gasteiger partial charge in [-0.25, -0.2) is 4.79 Å². The largest absolute Gasteiger partial charge is 0.481 e. The van der Waals surface area contributed by atoms with Gasteiger partial charge in [-0.05, 0) is 62.1 Å². The lowest BCUT2D eigenvalue weighted by Gasteiger charge is -2.21. The molecule has 0 aliphatic rings. The van der Waals surface area contributed by atoms with Crippen molar-refractivity contribution in [3.05, 3.63) is 54.1 Å². The van der Waals surface area contributed by atoms with Crippen LogP contribution in [0.25, 0.3) is 0 Å². The first-order valence-corrected chi connectivity index (χ1v) is 11.6. The van der Waals surface area contributed by atoms with Gasteiger partial charge in [0, 0.05) is 35.4 Å². The van der Waals surface area contributed by atoms with Crippen molar-refractivity contribution in [3.63, 3.8) is 0 Å². The molecule has 0 aliphatic heterocycles. The average Bonchev–Trinajstić information content (AvgIpc) is 2.75. The molecule has 5 N–H and O–H groups in total. The van der Waals surface area contributed by atoms with Crippen LogP contribution in [0.2, 0.25) is 0 Å². The van der Waals surface area contributed by atoms with Gasteiger partial charge in [-0.1, -0.05) is 32.0 Å². The molecule has 0 aliphatic carbocycles. The summed E-state index contributed by atoms with van der Waals surface area (Å²) in [7, 11) is 0. The maximum absolute atomic E-state index is 12.6. The highest BCUT2D eigenvalue weighted by Crippen LogP contribution is 2.20. The molecule has 2 atom stereocenters. The summed E-state index contributed by atoms with van der Waals surface area (Å²) in [5, 5.41) is 19.9. The number of carboxylic acids is 1. The quantitative estimate of drug-likeness (QED) is 0.319. The predicted molar refractivity (Wildman–Crippen MR) is 136 cm³/mol. The third-order valence-corrected chi connectivity index (χ3v) is 5.25. The minimum Gasteiger partial charge on any atom is -0.481 e. The number of carbonyl (C=O) groups excluding carboxylic acids is 3. The summed E-state index contributed by atoms with van der Waals surface area (Å²) in [6, 6.07) is 13.2. The predicted octanol–water partition coefficient (Wildman–Crippen LogP) is 4.61. The van der Waals surface area contributed by atoms with Gasteiger partial charge in [0.25, 0.3) is 0 Å². The summed E-state index contributed by atoms with van der Waals surface area (Å²) in [6.07, 6.45) is 0.288. The molecular weight excluding hydrogens is 448 g/mol. The van der Waals surface area contributed by atoms with E-state index in [2.05, 4.69) is 21.3 Å². The van der Waals surface area contributed by atoms with Crippen molar-refractivity contribution >= 4 is 40.9 Å². The molecule has 2 aromatic carbocycles. The maximum Gasteiger partial charge on any atom is 0.323 e. The molecule has 2 rings (SSSR count). The summed E-state index contributed by atoms with van der Waals surface area (Å²) in [4.78, 5) is 48.3. The van der Waals surface area contributed by atoms with Crippen molar-refractivity contribution in [1.29, 1.82) is 0 Å². The molecule has 0 radical (unpaired) electrons. The molecule has 1 unspecified atom stereocenters. The second-order valence-electron chi connectivity index (χ2n) is 9.06. The summed E-state index contributed by atoms with van der Waals surface area (Å²) < 4.78 is 0. The van der Waals surface area contributed by atoms with Gasteiger partial charge in [0.05, 0.1) is 6.42 Å². The number of urea groups is 1. The van der Waals surface area contributed by atoms with Gasteiger partial charge in [-0.2, -0.15) is 0 Å². The van der Waals surface area contributed by atoms with E-state index >= 15 is 0 Å². The molecule has 9 heteroatoms. The number of hydrogen-bond acceptors (Lipinski definition) is 4. The molecule has 0 aromatic heterocycles. The van der Waals surface area contributed by atoms with Crippen LogP contribution in [0.4, 0.5) is 21.9 Å². The molecule has 0 saturated carbocycles. The molecule has 0 saturated heterocycles. The Labute approximate surface area is 205 Å². The monoisotopic (exact) mass is 482 g/mol. The third kappa shape index (κ3) is 9.87. The zero-order chi connectivity index (χ0) is 26.0. The number of aliphatic carboxylic acids is 1. The maximum atomic E-state index is 12.6. The number of anilines is 3. The van der Waals surface area contributed by atoms with Gasteiger partial charge in [-0.3, -0.25) is 14.4 Å². The van der Waals surface area contributed by atoms with E-state index < -0.39 is 17.9 Å². The molecule has 0 heterocycles. The number of nitrogens with one attached hydrogen (secondary N) is 4. The van der Waals surface area contributed by atoms with Crippen LogP contribution in [0.1, 0.15) is 45.6 Å². The number of para-hydroxylation sites is 1. The summed E-state index contributed by atoms with van der Waals surface area (Å²) in [6.45, 7) is 7.44. The minimum atomic E-state index is -0.999. The zero-order valence-electron chi connectivity index (χ0n) is 20.6. The van der Waals surface area contributed by atoms with Gasteiger partial charge in [-0.15, -0.1) is 0 Å². The van der Waals surface area contributed by atoms with Crippen molar-refractivity contribution in [1.82, 2.24) is 5.32 Å². The summed E-state index contributed by atoms with van der Waals surface area (Å²) in [5.74, 6) is -2.04. The lowest BCUT2D eigenvalue weighted by atomic mass is 9.92. The van der Waals surface area contributed by atoms with E-state index in [-0.39, 0.29) is 36.6 Å². The first-order valence-electron chi connectivity index (χ1n) is 11.6. The zero-order valence-corrected chi connectivity index (χ0v) is 20.6. The Morgan fingerprint density at radius 2 is 1.43 bits per heavy atom. The molecule has 4 amide bonds. The topological polar surface area (TPSA) is 137 Å². The standard InChI is InChI=1S/C26H34N4O5/c1-16(2)13-19(25(34)27-18(4)14-24(32)33)15-23(31)28-20-9-11-21(12-10-20)29-26(35)30-22-8-6-5-7-17(22)3/h5-12,16,18-19H,13-15H2,1-4H3,(H,27,34)(H,28,31)(H,32,33)(H2,29,30,35)/t18?,19-/m1/s1. The van der Waals surface area contributed by atoms with Crippen molar-refractivity contribution in [2.45, 2.75) is 53.0 Å². The Hall–Kier alpha value is -3.88. The van der Waals surface area contributed by atoms with E-state index in [9.17, 15) is 19.2 Å². The Bertz CT molecular complexity index is 1040. The molecule has 2 aromatic rings. The highest BCUT2D eigenvalue weighted by atomic mass is 16.4. The molecule has 9 nitrogen and oxygen atoms in total. The fourth-order valence-electron chi connectivity index (χ4n) is 3.60. The van der Waals surface area contributed by atoms with Crippen molar-refractivity contribution < 1.29 is 24.3 Å². The van der Waals surface area contributed by atoms with E-state index in [1.54, 1.807) is 31.2 Å². The van der Waals surface area contributed by atoms with Gasteiger partial charge >= 0.3 is 12.0 Å². The Balaban J connectivity index is 1.92. The van der Waals surface area contributed by atoms with Crippen LogP contribution in [0.15, 0.2) is 48.5 Å². The Morgan fingerprint density at radius 1 is 0.829 bits per heavy atom. The first kappa shape index (κ1) is 27.4. The molecule has 188 valence electrons. The minimum absolute atomic E-state index is 0.0252. The molecule has 0 spiro atoms. The van der Waals surface area contributed by atoms with E-state index in [0.717, 1.165) is 5.56 Å². The Kier molecular flexibility index (Phi) is 10.3. The second-order valence-corrected chi connectivity index (χ2v) is 9.06. The number of carboxylic acid groups (broad SMARTS) is 1. The van der Waals surface area contributed by atoms with Crippen molar-refractivity contribution in [3.8, 4) is 0 Å².